The Morgan fingerprint density at radius 2 is 2.05 bits per heavy atom. The molecule has 0 fully saturated rings. The largest absolute Gasteiger partial charge is 0.459 e. The second-order valence-corrected chi connectivity index (χ2v) is 6.96. The normalized spacial score (nSPS) is 12.0. The number of nitrogens with zero attached hydrogens (tertiary/aromatic N) is 2. The molecule has 20 heavy (non-hydrogen) atoms. The summed E-state index contributed by atoms with van der Waals surface area (Å²) in [6.45, 7) is 9.62. The first-order valence-electron chi connectivity index (χ1n) is 7.14. The van der Waals surface area contributed by atoms with Gasteiger partial charge in [0.2, 0.25) is 0 Å². The highest BCUT2D eigenvalue weighted by atomic mass is 32.1. The summed E-state index contributed by atoms with van der Waals surface area (Å²) in [5.74, 6) is 1.82. The van der Waals surface area contributed by atoms with E-state index in [1.165, 1.54) is 0 Å². The molecular weight excluding hydrogens is 270 g/mol. The average Bonchev–Trinajstić information content (AvgIpc) is 3.02. The van der Waals surface area contributed by atoms with Crippen LogP contribution in [0.5, 0.6) is 0 Å². The van der Waals surface area contributed by atoms with Crippen LogP contribution in [0.2, 0.25) is 0 Å². The van der Waals surface area contributed by atoms with Crippen molar-refractivity contribution in [1.82, 2.24) is 15.5 Å². The monoisotopic (exact) mass is 293 g/mol. The van der Waals surface area contributed by atoms with Crippen molar-refractivity contribution in [2.75, 3.05) is 6.54 Å². The van der Waals surface area contributed by atoms with Crippen LogP contribution < -0.4 is 5.32 Å². The molecule has 0 atom stereocenters. The van der Waals surface area contributed by atoms with Crippen molar-refractivity contribution in [3.05, 3.63) is 22.9 Å². The van der Waals surface area contributed by atoms with Gasteiger partial charge in [0, 0.05) is 18.4 Å². The van der Waals surface area contributed by atoms with Gasteiger partial charge in [0.05, 0.1) is 0 Å². The maximum absolute atomic E-state index is 5.70. The van der Waals surface area contributed by atoms with Crippen molar-refractivity contribution in [2.24, 2.45) is 0 Å². The van der Waals surface area contributed by atoms with Crippen LogP contribution in [-0.2, 0) is 12.8 Å². The molecule has 110 valence electrons. The predicted octanol–water partition coefficient (Wildman–Crippen LogP) is 3.68. The van der Waals surface area contributed by atoms with Crippen LogP contribution in [0.1, 0.15) is 44.9 Å². The van der Waals surface area contributed by atoms with Gasteiger partial charge in [0.15, 0.2) is 10.8 Å². The summed E-state index contributed by atoms with van der Waals surface area (Å²) in [6.07, 6.45) is 2.94. The smallest absolute Gasteiger partial charge is 0.183 e. The van der Waals surface area contributed by atoms with Crippen LogP contribution in [0.4, 0.5) is 0 Å². The number of nitrogens with one attached hydrogen (secondary N) is 1. The molecule has 2 heterocycles. The van der Waals surface area contributed by atoms with Crippen LogP contribution in [0, 0.1) is 0 Å². The second-order valence-electron chi connectivity index (χ2n) is 5.90. The van der Waals surface area contributed by atoms with E-state index in [1.54, 1.807) is 11.3 Å². The molecule has 0 radical (unpaired) electrons. The van der Waals surface area contributed by atoms with E-state index >= 15 is 0 Å². The quantitative estimate of drug-likeness (QED) is 0.825. The van der Waals surface area contributed by atoms with Crippen molar-refractivity contribution in [3.63, 3.8) is 0 Å². The fourth-order valence-electron chi connectivity index (χ4n) is 1.84. The Morgan fingerprint density at radius 3 is 2.70 bits per heavy atom. The van der Waals surface area contributed by atoms with E-state index in [9.17, 15) is 0 Å². The molecule has 4 nitrogen and oxygen atoms in total. The van der Waals surface area contributed by atoms with E-state index in [0.29, 0.717) is 0 Å². The number of hydrogen-bond acceptors (Lipinski definition) is 5. The molecule has 0 aliphatic carbocycles. The first-order chi connectivity index (χ1) is 9.48. The summed E-state index contributed by atoms with van der Waals surface area (Å²) in [4.78, 5) is 0. The Bertz CT molecular complexity index is 539. The number of aryl methyl sites for hydroxylation is 2. The highest BCUT2D eigenvalue weighted by Crippen LogP contribution is 2.26. The van der Waals surface area contributed by atoms with Crippen molar-refractivity contribution in [2.45, 2.75) is 52.5 Å². The third-order valence-corrected chi connectivity index (χ3v) is 3.91. The van der Waals surface area contributed by atoms with E-state index in [2.05, 4.69) is 43.2 Å². The van der Waals surface area contributed by atoms with Gasteiger partial charge in [-0.15, -0.1) is 10.2 Å². The molecule has 0 saturated heterocycles. The van der Waals surface area contributed by atoms with Gasteiger partial charge >= 0.3 is 0 Å². The zero-order chi connectivity index (χ0) is 14.6. The SMILES string of the molecule is CCc1ccc(-c2nnc(CCCNC(C)(C)C)s2)o1. The maximum atomic E-state index is 5.70. The second kappa shape index (κ2) is 6.50. The van der Waals surface area contributed by atoms with Gasteiger partial charge in [0.1, 0.15) is 10.8 Å². The highest BCUT2D eigenvalue weighted by Gasteiger charge is 2.11. The Balaban J connectivity index is 1.86. The molecular formula is C15H23N3OS. The van der Waals surface area contributed by atoms with Gasteiger partial charge in [-0.25, -0.2) is 0 Å². The third-order valence-electron chi connectivity index (χ3n) is 2.91. The molecule has 2 rings (SSSR count). The lowest BCUT2D eigenvalue weighted by atomic mass is 10.1. The standard InChI is InChI=1S/C15H23N3OS/c1-5-11-8-9-12(19-11)14-18-17-13(20-14)7-6-10-16-15(2,3)4/h8-9,16H,5-7,10H2,1-4H3. The number of rotatable bonds is 6. The number of aromatic nitrogens is 2. The molecule has 0 amide bonds. The van der Waals surface area contributed by atoms with Crippen LogP contribution in [-0.4, -0.2) is 22.3 Å². The minimum atomic E-state index is 0.178. The molecule has 0 unspecified atom stereocenters. The minimum Gasteiger partial charge on any atom is -0.459 e. The molecule has 1 N–H and O–H groups in total. The van der Waals surface area contributed by atoms with Crippen LogP contribution >= 0.6 is 11.3 Å². The van der Waals surface area contributed by atoms with Gasteiger partial charge in [-0.05, 0) is 45.9 Å². The molecule has 2 aromatic rings. The molecule has 5 heteroatoms. The Kier molecular flexibility index (Phi) is 4.94. The van der Waals surface area contributed by atoms with E-state index in [4.69, 9.17) is 4.42 Å². The first-order valence-corrected chi connectivity index (χ1v) is 7.96. The molecule has 0 aromatic carbocycles. The number of hydrogen-bond donors (Lipinski definition) is 1. The van der Waals surface area contributed by atoms with Crippen LogP contribution in [0.3, 0.4) is 0 Å². The van der Waals surface area contributed by atoms with E-state index in [1.807, 2.05) is 12.1 Å². The third kappa shape index (κ3) is 4.42. The molecule has 0 aliphatic heterocycles. The average molecular weight is 293 g/mol. The fraction of sp³-hybridized carbons (Fsp3) is 0.600. The summed E-state index contributed by atoms with van der Waals surface area (Å²) in [6, 6.07) is 3.98. The Labute approximate surface area is 124 Å². The van der Waals surface area contributed by atoms with Crippen molar-refractivity contribution in [1.29, 1.82) is 0 Å². The first kappa shape index (κ1) is 15.2. The summed E-state index contributed by atoms with van der Waals surface area (Å²) >= 11 is 1.62. The summed E-state index contributed by atoms with van der Waals surface area (Å²) in [7, 11) is 0. The lowest BCUT2D eigenvalue weighted by Crippen LogP contribution is -2.36. The lowest BCUT2D eigenvalue weighted by molar-refractivity contribution is 0.422. The summed E-state index contributed by atoms with van der Waals surface area (Å²) < 4.78 is 5.70. The number of furan rings is 1. The highest BCUT2D eigenvalue weighted by molar-refractivity contribution is 7.14. The summed E-state index contributed by atoms with van der Waals surface area (Å²) in [5, 5.41) is 13.9. The Morgan fingerprint density at radius 1 is 1.25 bits per heavy atom. The predicted molar refractivity (Wildman–Crippen MR) is 83.1 cm³/mol. The van der Waals surface area contributed by atoms with Gasteiger partial charge in [-0.1, -0.05) is 18.3 Å². The van der Waals surface area contributed by atoms with Crippen LogP contribution in [0.25, 0.3) is 10.8 Å². The lowest BCUT2D eigenvalue weighted by Gasteiger charge is -2.20. The van der Waals surface area contributed by atoms with E-state index in [0.717, 1.165) is 47.3 Å². The van der Waals surface area contributed by atoms with E-state index in [-0.39, 0.29) is 5.54 Å². The molecule has 0 saturated carbocycles. The minimum absolute atomic E-state index is 0.178. The zero-order valence-corrected chi connectivity index (χ0v) is 13.5. The van der Waals surface area contributed by atoms with Crippen molar-refractivity contribution < 1.29 is 4.42 Å². The Hall–Kier alpha value is -1.20. The van der Waals surface area contributed by atoms with Gasteiger partial charge in [-0.3, -0.25) is 0 Å². The van der Waals surface area contributed by atoms with Gasteiger partial charge in [-0.2, -0.15) is 0 Å². The maximum Gasteiger partial charge on any atom is 0.183 e. The van der Waals surface area contributed by atoms with Crippen molar-refractivity contribution in [3.8, 4) is 10.8 Å². The topological polar surface area (TPSA) is 51.0 Å². The van der Waals surface area contributed by atoms with E-state index < -0.39 is 0 Å². The molecule has 0 bridgehead atoms. The van der Waals surface area contributed by atoms with Crippen LogP contribution in [0.15, 0.2) is 16.5 Å². The van der Waals surface area contributed by atoms with Gasteiger partial charge < -0.3 is 9.73 Å². The molecule has 0 spiro atoms. The fourth-order valence-corrected chi connectivity index (χ4v) is 2.68. The molecule has 2 aromatic heterocycles. The van der Waals surface area contributed by atoms with Crippen molar-refractivity contribution >= 4 is 11.3 Å². The van der Waals surface area contributed by atoms with Gasteiger partial charge in [0.25, 0.3) is 0 Å². The molecule has 0 aliphatic rings. The summed E-state index contributed by atoms with van der Waals surface area (Å²) in [5.41, 5.74) is 0.178. The zero-order valence-electron chi connectivity index (χ0n) is 12.7.